The number of ether oxygens (including phenoxy) is 2. The molecule has 0 amide bonds. The van der Waals surface area contributed by atoms with Gasteiger partial charge < -0.3 is 9.47 Å². The van der Waals surface area contributed by atoms with Gasteiger partial charge in [-0.2, -0.15) is 5.26 Å². The van der Waals surface area contributed by atoms with Gasteiger partial charge in [-0.1, -0.05) is 35.3 Å². The van der Waals surface area contributed by atoms with Gasteiger partial charge in [-0.3, -0.25) is 10.8 Å². The predicted octanol–water partition coefficient (Wildman–Crippen LogP) is 6.81. The zero-order valence-corrected chi connectivity index (χ0v) is 18.1. The highest BCUT2D eigenvalue weighted by Gasteiger charge is 2.19. The van der Waals surface area contributed by atoms with Crippen LogP contribution in [0.2, 0.25) is 10.0 Å². The van der Waals surface area contributed by atoms with E-state index >= 15 is 4.39 Å². The lowest BCUT2D eigenvalue weighted by molar-refractivity contribution is 0.438. The highest BCUT2D eigenvalue weighted by atomic mass is 35.5. The van der Waals surface area contributed by atoms with E-state index in [2.05, 4.69) is 0 Å². The number of nitriles is 1. The summed E-state index contributed by atoms with van der Waals surface area (Å²) in [6.07, 6.45) is -0.310. The molecule has 0 aliphatic rings. The highest BCUT2D eigenvalue weighted by molar-refractivity contribution is 6.32. The monoisotopic (exact) mass is 473 g/mol. The summed E-state index contributed by atoms with van der Waals surface area (Å²) in [6.45, 7) is 1.49. The Morgan fingerprint density at radius 2 is 1.84 bits per heavy atom. The third-order valence-corrected chi connectivity index (χ3v) is 4.95. The van der Waals surface area contributed by atoms with Crippen LogP contribution in [-0.4, -0.2) is 11.8 Å². The van der Waals surface area contributed by atoms with Crippen molar-refractivity contribution in [2.45, 2.75) is 13.3 Å². The topological polar surface area (TPSA) is 89.9 Å². The Balaban J connectivity index is 1.80. The fourth-order valence-corrected chi connectivity index (χ4v) is 3.26. The van der Waals surface area contributed by atoms with Crippen molar-refractivity contribution in [2.24, 2.45) is 0 Å². The molecule has 0 spiro atoms. The molecule has 0 saturated heterocycles. The van der Waals surface area contributed by atoms with Crippen LogP contribution in [0.3, 0.4) is 0 Å². The Kier molecular flexibility index (Phi) is 7.08. The van der Waals surface area contributed by atoms with Gasteiger partial charge in [0.05, 0.1) is 23.1 Å². The lowest BCUT2D eigenvalue weighted by atomic mass is 10.1. The van der Waals surface area contributed by atoms with Crippen molar-refractivity contribution < 1.29 is 18.3 Å². The maximum atomic E-state index is 15.1. The molecule has 162 valence electrons. The van der Waals surface area contributed by atoms with Gasteiger partial charge in [-0.25, -0.2) is 8.78 Å². The summed E-state index contributed by atoms with van der Waals surface area (Å²) in [4.78, 5) is 0. The molecule has 3 aromatic carbocycles. The van der Waals surface area contributed by atoms with E-state index in [1.54, 1.807) is 0 Å². The average Bonchev–Trinajstić information content (AvgIpc) is 2.74. The molecule has 0 heterocycles. The zero-order valence-electron chi connectivity index (χ0n) is 16.6. The second-order valence-corrected chi connectivity index (χ2v) is 7.53. The standard InChI is InChI=1S/C23H15Cl2F2N3O2/c1-12-17(3-2-4-19(12)26)23(30)32-20(29)9-14-5-6-18(25)22(21(14)27)31-16-8-13(11-28)7-15(24)10-16/h2-8,10,29-30H,9H2,1H3. The molecule has 3 aromatic rings. The predicted molar refractivity (Wildman–Crippen MR) is 118 cm³/mol. The molecule has 0 atom stereocenters. The summed E-state index contributed by atoms with van der Waals surface area (Å²) in [7, 11) is 0. The van der Waals surface area contributed by atoms with Gasteiger partial charge in [-0.15, -0.1) is 0 Å². The summed E-state index contributed by atoms with van der Waals surface area (Å²) in [5.41, 5.74) is 0.642. The van der Waals surface area contributed by atoms with Crippen LogP contribution in [0.1, 0.15) is 22.3 Å². The van der Waals surface area contributed by atoms with E-state index in [1.165, 1.54) is 55.5 Å². The van der Waals surface area contributed by atoms with Crippen LogP contribution < -0.4 is 4.74 Å². The molecule has 32 heavy (non-hydrogen) atoms. The minimum absolute atomic E-state index is 0.0275. The van der Waals surface area contributed by atoms with E-state index in [0.717, 1.165) is 0 Å². The first-order chi connectivity index (χ1) is 15.2. The van der Waals surface area contributed by atoms with Crippen molar-refractivity contribution in [3.8, 4) is 17.6 Å². The third kappa shape index (κ3) is 5.22. The largest absolute Gasteiger partial charge is 0.453 e. The molecule has 0 fully saturated rings. The molecule has 3 rings (SSSR count). The smallest absolute Gasteiger partial charge is 0.221 e. The van der Waals surface area contributed by atoms with Crippen molar-refractivity contribution >= 4 is 35.0 Å². The number of nitrogens with one attached hydrogen (secondary N) is 2. The van der Waals surface area contributed by atoms with E-state index in [0.29, 0.717) is 0 Å². The van der Waals surface area contributed by atoms with Crippen LogP contribution in [0.4, 0.5) is 8.78 Å². The molecule has 0 aliphatic heterocycles. The molecule has 0 saturated carbocycles. The molecule has 2 N–H and O–H groups in total. The van der Waals surface area contributed by atoms with Crippen molar-refractivity contribution in [1.29, 1.82) is 16.1 Å². The molecular formula is C23H15Cl2F2N3O2. The number of rotatable bonds is 5. The quantitative estimate of drug-likeness (QED) is 0.315. The summed E-state index contributed by atoms with van der Waals surface area (Å²) in [6, 6.07) is 13.0. The van der Waals surface area contributed by atoms with Crippen molar-refractivity contribution in [2.75, 3.05) is 0 Å². The molecular weight excluding hydrogens is 459 g/mol. The molecule has 0 aromatic heterocycles. The van der Waals surface area contributed by atoms with E-state index in [9.17, 15) is 4.39 Å². The second kappa shape index (κ2) is 9.77. The maximum absolute atomic E-state index is 15.1. The van der Waals surface area contributed by atoms with Crippen LogP contribution in [0.25, 0.3) is 0 Å². The Labute approximate surface area is 192 Å². The Bertz CT molecular complexity index is 1270. The Hall–Kier alpha value is -3.47. The zero-order chi connectivity index (χ0) is 23.4. The number of hydrogen-bond donors (Lipinski definition) is 2. The summed E-state index contributed by atoms with van der Waals surface area (Å²) < 4.78 is 39.5. The van der Waals surface area contributed by atoms with Gasteiger partial charge in [0.25, 0.3) is 0 Å². The lowest BCUT2D eigenvalue weighted by Crippen LogP contribution is -2.16. The lowest BCUT2D eigenvalue weighted by Gasteiger charge is -2.14. The SMILES string of the molecule is Cc1c(F)cccc1C(=N)OC(=N)Cc1ccc(Cl)c(Oc2cc(Cl)cc(C#N)c2)c1F. The van der Waals surface area contributed by atoms with E-state index in [1.807, 2.05) is 6.07 Å². The van der Waals surface area contributed by atoms with Gasteiger partial charge in [0, 0.05) is 16.1 Å². The number of hydrogen-bond acceptors (Lipinski definition) is 5. The van der Waals surface area contributed by atoms with Crippen LogP contribution in [0, 0.1) is 40.7 Å². The first-order valence-electron chi connectivity index (χ1n) is 9.14. The minimum Gasteiger partial charge on any atom is -0.453 e. The summed E-state index contributed by atoms with van der Waals surface area (Å²) >= 11 is 12.0. The van der Waals surface area contributed by atoms with Gasteiger partial charge in [0.2, 0.25) is 5.90 Å². The molecule has 0 bridgehead atoms. The van der Waals surface area contributed by atoms with Gasteiger partial charge in [-0.05, 0) is 48.9 Å². The van der Waals surface area contributed by atoms with E-state index in [-0.39, 0.29) is 50.2 Å². The number of halogens is 4. The van der Waals surface area contributed by atoms with Gasteiger partial charge in [0.1, 0.15) is 11.6 Å². The Morgan fingerprint density at radius 1 is 1.09 bits per heavy atom. The van der Waals surface area contributed by atoms with Gasteiger partial charge >= 0.3 is 0 Å². The van der Waals surface area contributed by atoms with E-state index < -0.39 is 23.4 Å². The first kappa shape index (κ1) is 23.2. The van der Waals surface area contributed by atoms with E-state index in [4.69, 9.17) is 48.8 Å². The van der Waals surface area contributed by atoms with Crippen molar-refractivity contribution in [3.63, 3.8) is 0 Å². The van der Waals surface area contributed by atoms with Crippen molar-refractivity contribution in [1.82, 2.24) is 0 Å². The van der Waals surface area contributed by atoms with Crippen LogP contribution in [-0.2, 0) is 11.2 Å². The van der Waals surface area contributed by atoms with Gasteiger partial charge in [0.15, 0.2) is 17.5 Å². The molecule has 5 nitrogen and oxygen atoms in total. The first-order valence-corrected chi connectivity index (χ1v) is 9.90. The fraction of sp³-hybridized carbons (Fsp3) is 0.0870. The highest BCUT2D eigenvalue weighted by Crippen LogP contribution is 2.35. The second-order valence-electron chi connectivity index (χ2n) is 6.68. The number of benzene rings is 3. The van der Waals surface area contributed by atoms with Crippen LogP contribution >= 0.6 is 23.2 Å². The molecule has 0 unspecified atom stereocenters. The molecule has 0 aliphatic carbocycles. The van der Waals surface area contributed by atoms with Crippen LogP contribution in [0.5, 0.6) is 11.5 Å². The number of nitrogens with zero attached hydrogens (tertiary/aromatic N) is 1. The summed E-state index contributed by atoms with van der Waals surface area (Å²) in [5, 5.41) is 25.2. The fourth-order valence-electron chi connectivity index (χ4n) is 2.85. The third-order valence-electron chi connectivity index (χ3n) is 4.44. The normalized spacial score (nSPS) is 10.4. The molecule has 0 radical (unpaired) electrons. The Morgan fingerprint density at radius 3 is 2.56 bits per heavy atom. The van der Waals surface area contributed by atoms with Crippen LogP contribution in [0.15, 0.2) is 48.5 Å². The average molecular weight is 474 g/mol. The maximum Gasteiger partial charge on any atom is 0.221 e. The molecule has 9 heteroatoms. The minimum atomic E-state index is -0.835. The van der Waals surface area contributed by atoms with Crippen molar-refractivity contribution in [3.05, 3.63) is 92.5 Å². The summed E-state index contributed by atoms with van der Waals surface area (Å²) in [5.74, 6) is -2.40.